The minimum absolute atomic E-state index is 0.176. The van der Waals surface area contributed by atoms with E-state index in [0.717, 1.165) is 35.0 Å². The van der Waals surface area contributed by atoms with Crippen molar-refractivity contribution in [2.24, 2.45) is 0 Å². The molecule has 2 amide bonds. The van der Waals surface area contributed by atoms with Gasteiger partial charge in [-0.25, -0.2) is 0 Å². The lowest BCUT2D eigenvalue weighted by Gasteiger charge is -2.17. The van der Waals surface area contributed by atoms with E-state index in [1.807, 2.05) is 42.6 Å². The number of carbonyl (C=O) groups excluding carboxylic acids is 3. The summed E-state index contributed by atoms with van der Waals surface area (Å²) < 4.78 is 10.7. The number of hydrogen-bond donors (Lipinski definition) is 1. The number of ether oxygens (including phenoxy) is 2. The predicted octanol–water partition coefficient (Wildman–Crippen LogP) is 3.26. The maximum absolute atomic E-state index is 11.8. The Labute approximate surface area is 179 Å². The van der Waals surface area contributed by atoms with Gasteiger partial charge in [0.15, 0.2) is 0 Å². The van der Waals surface area contributed by atoms with E-state index < -0.39 is 5.25 Å². The Balaban J connectivity index is 1.62. The number of esters is 1. The topological polar surface area (TPSA) is 94.6 Å². The molecule has 2 atom stereocenters. The summed E-state index contributed by atoms with van der Waals surface area (Å²) in [5, 5.41) is 1.59. The number of methoxy groups -OCH3 is 1. The van der Waals surface area contributed by atoms with Crippen molar-refractivity contribution < 1.29 is 23.9 Å². The summed E-state index contributed by atoms with van der Waals surface area (Å²) in [6, 6.07) is 11.3. The number of carbonyl (C=O) groups is 3. The Morgan fingerprint density at radius 3 is 2.47 bits per heavy atom. The van der Waals surface area contributed by atoms with Crippen LogP contribution >= 0.6 is 11.8 Å². The van der Waals surface area contributed by atoms with Gasteiger partial charge in [0, 0.05) is 17.8 Å². The summed E-state index contributed by atoms with van der Waals surface area (Å²) in [5.41, 5.74) is 2.85. The standard InChI is InChI=1S/C22H24N2O5S/c1-3-14-6-9-18(23-12-14)16(11-20(25)28-2)13-29-17-7-4-15(5-8-17)10-19-21(26)24-22(27)30-19/h4-9,12,16,19H,3,10-11,13H2,1-2H3,(H,24,26,27)/t16-,19?/m1/s1. The summed E-state index contributed by atoms with van der Waals surface area (Å²) in [6.07, 6.45) is 3.36. The zero-order valence-electron chi connectivity index (χ0n) is 16.9. The van der Waals surface area contributed by atoms with Gasteiger partial charge in [-0.3, -0.25) is 24.7 Å². The van der Waals surface area contributed by atoms with E-state index in [0.29, 0.717) is 12.2 Å². The van der Waals surface area contributed by atoms with Crippen LogP contribution in [-0.2, 0) is 27.2 Å². The number of amides is 2. The van der Waals surface area contributed by atoms with Crippen molar-refractivity contribution >= 4 is 28.9 Å². The van der Waals surface area contributed by atoms with Gasteiger partial charge >= 0.3 is 5.97 Å². The summed E-state index contributed by atoms with van der Waals surface area (Å²) in [4.78, 5) is 39.3. The van der Waals surface area contributed by atoms with Crippen LogP contribution in [0, 0.1) is 0 Å². The molecule has 1 aliphatic rings. The Morgan fingerprint density at radius 1 is 1.17 bits per heavy atom. The molecule has 0 spiro atoms. The average Bonchev–Trinajstić information content (AvgIpc) is 3.08. The monoisotopic (exact) mass is 428 g/mol. The first kappa shape index (κ1) is 21.8. The molecule has 2 heterocycles. The van der Waals surface area contributed by atoms with Gasteiger partial charge in [-0.15, -0.1) is 0 Å². The lowest BCUT2D eigenvalue weighted by Crippen LogP contribution is -2.25. The molecule has 2 aromatic rings. The molecule has 1 unspecified atom stereocenters. The van der Waals surface area contributed by atoms with E-state index in [-0.39, 0.29) is 36.1 Å². The normalized spacial score (nSPS) is 16.8. The molecule has 1 aromatic carbocycles. The second-order valence-electron chi connectivity index (χ2n) is 6.96. The highest BCUT2D eigenvalue weighted by molar-refractivity contribution is 8.15. The minimum atomic E-state index is -0.397. The molecule has 0 saturated carbocycles. The highest BCUT2D eigenvalue weighted by atomic mass is 32.2. The van der Waals surface area contributed by atoms with Gasteiger partial charge in [-0.1, -0.05) is 36.9 Å². The minimum Gasteiger partial charge on any atom is -0.493 e. The number of aryl methyl sites for hydroxylation is 1. The van der Waals surface area contributed by atoms with Crippen LogP contribution in [0.5, 0.6) is 5.75 Å². The fourth-order valence-corrected chi connectivity index (χ4v) is 3.94. The van der Waals surface area contributed by atoms with Gasteiger partial charge in [0.1, 0.15) is 5.75 Å². The van der Waals surface area contributed by atoms with Crippen LogP contribution in [0.3, 0.4) is 0 Å². The van der Waals surface area contributed by atoms with Crippen LogP contribution < -0.4 is 10.1 Å². The molecule has 0 aliphatic carbocycles. The molecule has 1 fully saturated rings. The molecule has 1 aliphatic heterocycles. The molecular weight excluding hydrogens is 404 g/mol. The molecule has 7 nitrogen and oxygen atoms in total. The smallest absolute Gasteiger partial charge is 0.306 e. The predicted molar refractivity (Wildman–Crippen MR) is 114 cm³/mol. The second-order valence-corrected chi connectivity index (χ2v) is 8.14. The van der Waals surface area contributed by atoms with Crippen LogP contribution in [0.25, 0.3) is 0 Å². The highest BCUT2D eigenvalue weighted by Crippen LogP contribution is 2.25. The van der Waals surface area contributed by atoms with Crippen molar-refractivity contribution in [2.45, 2.75) is 37.4 Å². The largest absolute Gasteiger partial charge is 0.493 e. The molecule has 3 rings (SSSR count). The molecule has 0 radical (unpaired) electrons. The second kappa shape index (κ2) is 10.2. The van der Waals surface area contributed by atoms with Crippen LogP contribution in [-0.4, -0.2) is 41.1 Å². The number of nitrogens with one attached hydrogen (secondary N) is 1. The third kappa shape index (κ3) is 5.82. The zero-order valence-corrected chi connectivity index (χ0v) is 17.7. The zero-order chi connectivity index (χ0) is 21.5. The molecule has 30 heavy (non-hydrogen) atoms. The van der Waals surface area contributed by atoms with Gasteiger partial charge in [-0.05, 0) is 42.2 Å². The molecule has 1 aromatic heterocycles. The number of aromatic nitrogens is 1. The summed E-state index contributed by atoms with van der Waals surface area (Å²) in [7, 11) is 1.36. The Hall–Kier alpha value is -2.87. The molecule has 8 heteroatoms. The van der Waals surface area contributed by atoms with Crippen LogP contribution in [0.2, 0.25) is 0 Å². The Bertz CT molecular complexity index is 899. The van der Waals surface area contributed by atoms with Gasteiger partial charge in [0.2, 0.25) is 5.91 Å². The van der Waals surface area contributed by atoms with E-state index >= 15 is 0 Å². The van der Waals surface area contributed by atoms with Crippen LogP contribution in [0.15, 0.2) is 42.6 Å². The molecule has 1 N–H and O–H groups in total. The van der Waals surface area contributed by atoms with Crippen molar-refractivity contribution in [1.29, 1.82) is 0 Å². The van der Waals surface area contributed by atoms with Crippen molar-refractivity contribution in [2.75, 3.05) is 13.7 Å². The van der Waals surface area contributed by atoms with Gasteiger partial charge in [-0.2, -0.15) is 0 Å². The number of benzene rings is 1. The summed E-state index contributed by atoms with van der Waals surface area (Å²) in [6.45, 7) is 2.34. The molecule has 158 valence electrons. The Kier molecular flexibility index (Phi) is 7.46. The van der Waals surface area contributed by atoms with E-state index in [1.54, 1.807) is 0 Å². The third-order valence-electron chi connectivity index (χ3n) is 4.88. The Morgan fingerprint density at radius 2 is 1.90 bits per heavy atom. The summed E-state index contributed by atoms with van der Waals surface area (Å²) in [5.74, 6) is -0.147. The fourth-order valence-electron chi connectivity index (χ4n) is 3.08. The van der Waals surface area contributed by atoms with Crippen molar-refractivity contribution in [3.63, 3.8) is 0 Å². The third-order valence-corrected chi connectivity index (χ3v) is 5.86. The number of imide groups is 1. The van der Waals surface area contributed by atoms with Crippen molar-refractivity contribution in [1.82, 2.24) is 10.3 Å². The van der Waals surface area contributed by atoms with Crippen LogP contribution in [0.1, 0.15) is 36.1 Å². The number of thioether (sulfide) groups is 1. The molecule has 1 saturated heterocycles. The lowest BCUT2D eigenvalue weighted by atomic mass is 10.0. The van der Waals surface area contributed by atoms with Crippen LogP contribution in [0.4, 0.5) is 4.79 Å². The van der Waals surface area contributed by atoms with E-state index in [1.165, 1.54) is 7.11 Å². The summed E-state index contributed by atoms with van der Waals surface area (Å²) >= 11 is 1.01. The first-order chi connectivity index (χ1) is 14.5. The number of pyridine rings is 1. The molecule has 0 bridgehead atoms. The maximum atomic E-state index is 11.8. The quantitative estimate of drug-likeness (QED) is 0.613. The SMILES string of the molecule is CCc1ccc([C@@H](COc2ccc(CC3SC(=O)NC3=O)cc2)CC(=O)OC)nc1. The van der Waals surface area contributed by atoms with E-state index in [9.17, 15) is 14.4 Å². The lowest BCUT2D eigenvalue weighted by molar-refractivity contribution is -0.141. The number of nitrogens with zero attached hydrogens (tertiary/aromatic N) is 1. The van der Waals surface area contributed by atoms with Gasteiger partial charge < -0.3 is 9.47 Å². The average molecular weight is 429 g/mol. The van der Waals surface area contributed by atoms with Crippen molar-refractivity contribution in [3.8, 4) is 5.75 Å². The maximum Gasteiger partial charge on any atom is 0.306 e. The fraction of sp³-hybridized carbons (Fsp3) is 0.364. The van der Waals surface area contributed by atoms with E-state index in [4.69, 9.17) is 9.47 Å². The van der Waals surface area contributed by atoms with Crippen molar-refractivity contribution in [3.05, 3.63) is 59.4 Å². The first-order valence-electron chi connectivity index (χ1n) is 9.73. The van der Waals surface area contributed by atoms with E-state index in [2.05, 4.69) is 17.2 Å². The number of hydrogen-bond acceptors (Lipinski definition) is 7. The molecular formula is C22H24N2O5S. The van der Waals surface area contributed by atoms with Gasteiger partial charge in [0.05, 0.1) is 25.4 Å². The number of rotatable bonds is 9. The van der Waals surface area contributed by atoms with Gasteiger partial charge in [0.25, 0.3) is 5.24 Å². The highest BCUT2D eigenvalue weighted by Gasteiger charge is 2.31. The first-order valence-corrected chi connectivity index (χ1v) is 10.6.